The van der Waals surface area contributed by atoms with Gasteiger partial charge in [-0.1, -0.05) is 0 Å². The number of hydrogen-bond acceptors (Lipinski definition) is 7. The number of ether oxygens (including phenoxy) is 1. The average Bonchev–Trinajstić information content (AvgIpc) is 3.45. The van der Waals surface area contributed by atoms with E-state index in [0.717, 1.165) is 12.3 Å². The van der Waals surface area contributed by atoms with Gasteiger partial charge in [-0.25, -0.2) is 28.3 Å². The number of carbonyl (C=O) groups is 2. The molecule has 2 aliphatic heterocycles. The number of amides is 3. The summed E-state index contributed by atoms with van der Waals surface area (Å²) < 4.78 is 35.6. The largest absolute Gasteiger partial charge is 0.483 e. The van der Waals surface area contributed by atoms with Gasteiger partial charge in [0, 0.05) is 18.7 Å². The number of carbonyl (C=O) groups excluding carboxylic acids is 2. The normalized spacial score (nSPS) is 16.9. The van der Waals surface area contributed by atoms with Crippen LogP contribution in [0.1, 0.15) is 45.3 Å². The molecule has 38 heavy (non-hydrogen) atoms. The van der Waals surface area contributed by atoms with Crippen LogP contribution in [-0.4, -0.2) is 62.0 Å². The molecule has 11 nitrogen and oxygen atoms in total. The Morgan fingerprint density at radius 3 is 2.63 bits per heavy atom. The van der Waals surface area contributed by atoms with Crippen molar-refractivity contribution < 1.29 is 23.1 Å². The van der Waals surface area contributed by atoms with E-state index in [-0.39, 0.29) is 35.8 Å². The zero-order chi connectivity index (χ0) is 27.1. The first-order valence-electron chi connectivity index (χ1n) is 11.7. The number of pyridine rings is 1. The Bertz CT molecular complexity index is 1520. The Labute approximate surface area is 215 Å². The summed E-state index contributed by atoms with van der Waals surface area (Å²) in [5, 5.41) is 18.8. The van der Waals surface area contributed by atoms with Gasteiger partial charge < -0.3 is 15.4 Å². The summed E-state index contributed by atoms with van der Waals surface area (Å²) in [4.78, 5) is 30.3. The van der Waals surface area contributed by atoms with Gasteiger partial charge in [-0.2, -0.15) is 15.5 Å². The molecule has 194 valence electrons. The highest BCUT2D eigenvalue weighted by Crippen LogP contribution is 2.32. The van der Waals surface area contributed by atoms with Gasteiger partial charge in [-0.15, -0.1) is 0 Å². The number of rotatable bonds is 5. The molecule has 4 heterocycles. The molecule has 1 aromatic carbocycles. The second-order valence-corrected chi connectivity index (χ2v) is 9.00. The molecular weight excluding hydrogens is 498 g/mol. The molecule has 1 saturated heterocycles. The number of aryl methyl sites for hydroxylation is 1. The molecule has 0 bridgehead atoms. The molecule has 5 rings (SSSR count). The SMILES string of the molecule is Cc1nn(-c2cc(OC3CN(C(=O)N4N=CCC4c4cc(F)cc(C#N)c4)C3)c(F)cn2)c(C)c1C(N)=O. The van der Waals surface area contributed by atoms with Crippen LogP contribution >= 0.6 is 0 Å². The molecular formula is C25H22F2N8O3. The molecule has 3 amide bonds. The molecule has 0 aliphatic carbocycles. The van der Waals surface area contributed by atoms with Crippen LogP contribution < -0.4 is 10.5 Å². The van der Waals surface area contributed by atoms with E-state index in [0.29, 0.717) is 23.4 Å². The third kappa shape index (κ3) is 4.40. The third-order valence-electron chi connectivity index (χ3n) is 6.43. The van der Waals surface area contributed by atoms with Gasteiger partial charge >= 0.3 is 6.03 Å². The number of nitrogens with two attached hydrogens (primary N) is 1. The Balaban J connectivity index is 1.27. The van der Waals surface area contributed by atoms with Gasteiger partial charge in [0.05, 0.1) is 53.9 Å². The topological polar surface area (TPSA) is 143 Å². The lowest BCUT2D eigenvalue weighted by Gasteiger charge is -2.41. The number of nitrogens with zero attached hydrogens (tertiary/aromatic N) is 7. The summed E-state index contributed by atoms with van der Waals surface area (Å²) in [5.74, 6) is -1.74. The highest BCUT2D eigenvalue weighted by atomic mass is 19.1. The van der Waals surface area contributed by atoms with Crippen LogP contribution in [0.25, 0.3) is 5.82 Å². The fourth-order valence-corrected chi connectivity index (χ4v) is 4.58. The zero-order valence-electron chi connectivity index (χ0n) is 20.4. The lowest BCUT2D eigenvalue weighted by molar-refractivity contribution is 0.0256. The van der Waals surface area contributed by atoms with Crippen LogP contribution in [0, 0.1) is 36.8 Å². The van der Waals surface area contributed by atoms with Gasteiger partial charge in [0.1, 0.15) is 11.9 Å². The first-order valence-corrected chi connectivity index (χ1v) is 11.7. The molecule has 1 atom stereocenters. The minimum absolute atomic E-state index is 0.0823. The number of urea groups is 1. The van der Waals surface area contributed by atoms with Crippen molar-refractivity contribution in [2.45, 2.75) is 32.4 Å². The molecule has 1 unspecified atom stereocenters. The van der Waals surface area contributed by atoms with Gasteiger partial charge in [0.2, 0.25) is 0 Å². The molecule has 2 aromatic heterocycles. The Kier molecular flexibility index (Phi) is 6.23. The fraction of sp³-hybridized carbons (Fsp3) is 0.280. The van der Waals surface area contributed by atoms with E-state index >= 15 is 0 Å². The van der Waals surface area contributed by atoms with E-state index in [1.165, 1.54) is 32.8 Å². The van der Waals surface area contributed by atoms with Crippen molar-refractivity contribution in [3.05, 3.63) is 70.2 Å². The fourth-order valence-electron chi connectivity index (χ4n) is 4.58. The molecule has 2 N–H and O–H groups in total. The van der Waals surface area contributed by atoms with Gasteiger partial charge in [-0.05, 0) is 37.6 Å². The molecule has 3 aromatic rings. The molecule has 13 heteroatoms. The van der Waals surface area contributed by atoms with Crippen molar-refractivity contribution in [2.24, 2.45) is 10.8 Å². The Morgan fingerprint density at radius 1 is 1.18 bits per heavy atom. The number of hydrogen-bond donors (Lipinski definition) is 1. The van der Waals surface area contributed by atoms with Crippen LogP contribution in [0.15, 0.2) is 35.6 Å². The van der Waals surface area contributed by atoms with E-state index < -0.39 is 35.7 Å². The quantitative estimate of drug-likeness (QED) is 0.548. The number of likely N-dealkylation sites (tertiary alicyclic amines) is 1. The molecule has 0 radical (unpaired) electrons. The minimum Gasteiger partial charge on any atom is -0.483 e. The summed E-state index contributed by atoms with van der Waals surface area (Å²) >= 11 is 0. The maximum Gasteiger partial charge on any atom is 0.341 e. The minimum atomic E-state index is -0.696. The summed E-state index contributed by atoms with van der Waals surface area (Å²) in [6.45, 7) is 3.64. The second kappa shape index (κ2) is 9.55. The van der Waals surface area contributed by atoms with Crippen LogP contribution in [0.3, 0.4) is 0 Å². The van der Waals surface area contributed by atoms with Gasteiger partial charge in [-0.3, -0.25) is 4.79 Å². The van der Waals surface area contributed by atoms with E-state index in [9.17, 15) is 18.4 Å². The van der Waals surface area contributed by atoms with E-state index in [4.69, 9.17) is 15.7 Å². The second-order valence-electron chi connectivity index (χ2n) is 9.00. The van der Waals surface area contributed by atoms with Crippen LogP contribution in [0.4, 0.5) is 13.6 Å². The van der Waals surface area contributed by atoms with Gasteiger partial charge in [0.25, 0.3) is 5.91 Å². The van der Waals surface area contributed by atoms with Crippen molar-refractivity contribution >= 4 is 18.2 Å². The Morgan fingerprint density at radius 2 is 1.95 bits per heavy atom. The Hall–Kier alpha value is -4.86. The number of primary amides is 1. The lowest BCUT2D eigenvalue weighted by Crippen LogP contribution is -2.58. The predicted molar refractivity (Wildman–Crippen MR) is 129 cm³/mol. The summed E-state index contributed by atoms with van der Waals surface area (Å²) in [7, 11) is 0. The zero-order valence-corrected chi connectivity index (χ0v) is 20.4. The summed E-state index contributed by atoms with van der Waals surface area (Å²) in [6.07, 6.45) is 2.44. The van der Waals surface area contributed by atoms with E-state index in [1.54, 1.807) is 20.1 Å². The van der Waals surface area contributed by atoms with Crippen molar-refractivity contribution in [3.63, 3.8) is 0 Å². The predicted octanol–water partition coefficient (Wildman–Crippen LogP) is 2.75. The van der Waals surface area contributed by atoms with Crippen molar-refractivity contribution in [3.8, 4) is 17.6 Å². The maximum absolute atomic E-state index is 14.5. The molecule has 1 fully saturated rings. The van der Waals surface area contributed by atoms with Gasteiger partial charge in [0.15, 0.2) is 17.4 Å². The highest BCUT2D eigenvalue weighted by molar-refractivity contribution is 5.95. The number of aromatic nitrogens is 3. The maximum atomic E-state index is 14.5. The van der Waals surface area contributed by atoms with Crippen molar-refractivity contribution in [1.82, 2.24) is 24.7 Å². The number of halogens is 2. The third-order valence-corrected chi connectivity index (χ3v) is 6.43. The van der Waals surface area contributed by atoms with Crippen LogP contribution in [0.5, 0.6) is 5.75 Å². The van der Waals surface area contributed by atoms with E-state index in [1.807, 2.05) is 6.07 Å². The summed E-state index contributed by atoms with van der Waals surface area (Å²) in [6, 6.07) is 6.25. The monoisotopic (exact) mass is 520 g/mol. The smallest absolute Gasteiger partial charge is 0.341 e. The molecule has 0 spiro atoms. The lowest BCUT2D eigenvalue weighted by atomic mass is 10.0. The first-order chi connectivity index (χ1) is 18.2. The number of hydrazone groups is 1. The average molecular weight is 521 g/mol. The molecule has 0 saturated carbocycles. The van der Waals surface area contributed by atoms with Crippen molar-refractivity contribution in [1.29, 1.82) is 5.26 Å². The number of benzene rings is 1. The van der Waals surface area contributed by atoms with Crippen molar-refractivity contribution in [2.75, 3.05) is 13.1 Å². The van der Waals surface area contributed by atoms with Crippen LogP contribution in [-0.2, 0) is 0 Å². The standard InChI is InChI=1S/C25H22F2N8O3/c1-13-23(24(29)36)14(2)34(32-13)22-8-21(19(27)10-30-22)38-18-11-33(12-18)25(37)35-20(3-4-31-35)16-5-15(9-28)6-17(26)7-16/h4-8,10,18,20H,3,11-12H2,1-2H3,(H2,29,36). The van der Waals surface area contributed by atoms with E-state index in [2.05, 4.69) is 15.2 Å². The first kappa shape index (κ1) is 24.8. The van der Waals surface area contributed by atoms with Crippen LogP contribution in [0.2, 0.25) is 0 Å². The summed E-state index contributed by atoms with van der Waals surface area (Å²) in [5.41, 5.74) is 7.19. The molecule has 2 aliphatic rings. The number of nitriles is 1. The highest BCUT2D eigenvalue weighted by Gasteiger charge is 2.39.